The fourth-order valence-electron chi connectivity index (χ4n) is 4.60. The van der Waals surface area contributed by atoms with Crippen LogP contribution in [0, 0.1) is 0 Å². The lowest BCUT2D eigenvalue weighted by atomic mass is 9.98. The van der Waals surface area contributed by atoms with Crippen LogP contribution in [-0.2, 0) is 0 Å². The van der Waals surface area contributed by atoms with Gasteiger partial charge in [-0.3, -0.25) is 4.79 Å². The quantitative estimate of drug-likeness (QED) is 0.293. The molecule has 1 aromatic heterocycles. The highest BCUT2D eigenvalue weighted by atomic mass is 35.5. The summed E-state index contributed by atoms with van der Waals surface area (Å²) in [4.78, 5) is 28.7. The van der Waals surface area contributed by atoms with Gasteiger partial charge in [-0.05, 0) is 61.9 Å². The Hall–Kier alpha value is -3.90. The van der Waals surface area contributed by atoms with E-state index in [1.165, 1.54) is 5.01 Å². The number of hydrogen-bond donors (Lipinski definition) is 0. The molecule has 0 N–H and O–H groups in total. The van der Waals surface area contributed by atoms with Crippen LogP contribution in [-0.4, -0.2) is 29.7 Å². The number of halogens is 1. The summed E-state index contributed by atoms with van der Waals surface area (Å²) >= 11 is 6.10. The number of hydrogen-bond acceptors (Lipinski definition) is 5. The molecule has 1 amide bonds. The van der Waals surface area contributed by atoms with E-state index in [0.29, 0.717) is 33.9 Å². The Kier molecular flexibility index (Phi) is 6.61. The molecule has 6 nitrogen and oxygen atoms in total. The number of anilines is 1. The highest BCUT2D eigenvalue weighted by Crippen LogP contribution is 2.34. The molecule has 5 rings (SSSR count). The Labute approximate surface area is 214 Å². The molecule has 4 aromatic rings. The molecule has 1 aliphatic heterocycles. The van der Waals surface area contributed by atoms with Crippen LogP contribution in [0.2, 0.25) is 5.02 Å². The molecule has 1 atom stereocenters. The summed E-state index contributed by atoms with van der Waals surface area (Å²) in [7, 11) is 0. The zero-order chi connectivity index (χ0) is 25.2. The second-order valence-corrected chi connectivity index (χ2v) is 9.11. The van der Waals surface area contributed by atoms with Crippen LogP contribution >= 0.6 is 11.6 Å². The van der Waals surface area contributed by atoms with Gasteiger partial charge in [0, 0.05) is 47.2 Å². The van der Waals surface area contributed by atoms with Crippen molar-refractivity contribution in [3.63, 3.8) is 0 Å². The average Bonchev–Trinajstić information content (AvgIpc) is 3.34. The lowest BCUT2D eigenvalue weighted by Crippen LogP contribution is -2.27. The van der Waals surface area contributed by atoms with Crippen molar-refractivity contribution in [3.8, 4) is 0 Å². The minimum atomic E-state index is -0.471. The number of benzene rings is 3. The van der Waals surface area contributed by atoms with Gasteiger partial charge in [0.05, 0.1) is 17.3 Å². The minimum Gasteiger partial charge on any atom is -0.422 e. The lowest BCUT2D eigenvalue weighted by Gasteiger charge is -2.22. The normalized spacial score (nSPS) is 15.2. The summed E-state index contributed by atoms with van der Waals surface area (Å²) in [5.41, 5.74) is 3.35. The van der Waals surface area contributed by atoms with Crippen molar-refractivity contribution >= 4 is 39.9 Å². The standard InChI is InChI=1S/C29H26ClN3O3/c1-3-32(4-2)23-15-12-21-16-24(29(35)36-27(21)17-23)25-18-26(19-10-13-22(30)14-11-19)33(31-25)28(34)20-8-6-5-7-9-20/h5-17,26H,3-4,18H2,1-2H3. The van der Waals surface area contributed by atoms with Crippen molar-refractivity contribution in [2.45, 2.75) is 26.3 Å². The predicted molar refractivity (Wildman–Crippen MR) is 144 cm³/mol. The Morgan fingerprint density at radius 3 is 2.44 bits per heavy atom. The van der Waals surface area contributed by atoms with Crippen LogP contribution in [0.1, 0.15) is 47.8 Å². The summed E-state index contributed by atoms with van der Waals surface area (Å²) < 4.78 is 5.74. The SMILES string of the molecule is CCN(CC)c1ccc2cc(C3=NN(C(=O)c4ccccc4)C(c4ccc(Cl)cc4)C3)c(=O)oc2c1. The Bertz CT molecular complexity index is 1490. The third-order valence-corrected chi connectivity index (χ3v) is 6.80. The van der Waals surface area contributed by atoms with Crippen LogP contribution in [0.3, 0.4) is 0 Å². The smallest absolute Gasteiger partial charge is 0.345 e. The molecule has 0 saturated heterocycles. The molecule has 0 aliphatic carbocycles. The number of rotatable bonds is 6. The molecular formula is C29H26ClN3O3. The van der Waals surface area contributed by atoms with Crippen LogP contribution in [0.4, 0.5) is 5.69 Å². The highest BCUT2D eigenvalue weighted by Gasteiger charge is 2.34. The first-order valence-electron chi connectivity index (χ1n) is 12.0. The number of carbonyl (C=O) groups excluding carboxylic acids is 1. The summed E-state index contributed by atoms with van der Waals surface area (Å²) in [6, 6.07) is 23.7. The summed E-state index contributed by atoms with van der Waals surface area (Å²) in [5.74, 6) is -0.236. The maximum atomic E-state index is 13.4. The molecule has 0 bridgehead atoms. The molecule has 182 valence electrons. The van der Waals surface area contributed by atoms with Gasteiger partial charge < -0.3 is 9.32 Å². The predicted octanol–water partition coefficient (Wildman–Crippen LogP) is 6.28. The largest absolute Gasteiger partial charge is 0.422 e. The van der Waals surface area contributed by atoms with Crippen molar-refractivity contribution in [3.05, 3.63) is 111 Å². The summed E-state index contributed by atoms with van der Waals surface area (Å²) in [6.45, 7) is 5.90. The van der Waals surface area contributed by atoms with E-state index in [9.17, 15) is 9.59 Å². The fourth-order valence-corrected chi connectivity index (χ4v) is 4.73. The zero-order valence-electron chi connectivity index (χ0n) is 20.1. The van der Waals surface area contributed by atoms with Gasteiger partial charge in [0.1, 0.15) is 5.58 Å². The average molecular weight is 500 g/mol. The van der Waals surface area contributed by atoms with Crippen LogP contribution in [0.5, 0.6) is 0 Å². The van der Waals surface area contributed by atoms with Crippen molar-refractivity contribution in [1.82, 2.24) is 5.01 Å². The van der Waals surface area contributed by atoms with E-state index in [4.69, 9.17) is 16.0 Å². The summed E-state index contributed by atoms with van der Waals surface area (Å²) in [5, 5.41) is 7.53. The maximum absolute atomic E-state index is 13.4. The summed E-state index contributed by atoms with van der Waals surface area (Å²) in [6.07, 6.45) is 0.383. The van der Waals surface area contributed by atoms with Gasteiger partial charge in [-0.2, -0.15) is 5.10 Å². The van der Waals surface area contributed by atoms with E-state index in [2.05, 4.69) is 23.8 Å². The van der Waals surface area contributed by atoms with Gasteiger partial charge in [-0.1, -0.05) is 41.9 Å². The number of fused-ring (bicyclic) bond motifs is 1. The molecule has 36 heavy (non-hydrogen) atoms. The van der Waals surface area contributed by atoms with E-state index in [1.807, 2.05) is 48.5 Å². The van der Waals surface area contributed by atoms with Gasteiger partial charge in [0.2, 0.25) is 0 Å². The molecule has 2 heterocycles. The van der Waals surface area contributed by atoms with E-state index >= 15 is 0 Å². The van der Waals surface area contributed by atoms with E-state index < -0.39 is 5.63 Å². The Morgan fingerprint density at radius 2 is 1.75 bits per heavy atom. The van der Waals surface area contributed by atoms with Crippen molar-refractivity contribution in [2.75, 3.05) is 18.0 Å². The molecular weight excluding hydrogens is 474 g/mol. The minimum absolute atomic E-state index is 0.236. The van der Waals surface area contributed by atoms with Gasteiger partial charge in [0.25, 0.3) is 5.91 Å². The van der Waals surface area contributed by atoms with E-state index in [1.54, 1.807) is 30.3 Å². The molecule has 1 aliphatic rings. The van der Waals surface area contributed by atoms with Crippen LogP contribution < -0.4 is 10.5 Å². The lowest BCUT2D eigenvalue weighted by molar-refractivity contribution is 0.0711. The van der Waals surface area contributed by atoms with Crippen LogP contribution in [0.25, 0.3) is 11.0 Å². The fraction of sp³-hybridized carbons (Fsp3) is 0.207. The molecule has 7 heteroatoms. The monoisotopic (exact) mass is 499 g/mol. The molecule has 0 fully saturated rings. The molecule has 0 spiro atoms. The Balaban J connectivity index is 1.56. The van der Waals surface area contributed by atoms with E-state index in [0.717, 1.165) is 29.7 Å². The second kappa shape index (κ2) is 9.99. The zero-order valence-corrected chi connectivity index (χ0v) is 20.9. The first-order valence-corrected chi connectivity index (χ1v) is 12.4. The highest BCUT2D eigenvalue weighted by molar-refractivity contribution is 6.30. The van der Waals surface area contributed by atoms with Gasteiger partial charge in [-0.25, -0.2) is 9.80 Å². The maximum Gasteiger partial charge on any atom is 0.345 e. The van der Waals surface area contributed by atoms with Gasteiger partial charge in [-0.15, -0.1) is 0 Å². The number of carbonyl (C=O) groups is 1. The number of nitrogens with zero attached hydrogens (tertiary/aromatic N) is 3. The molecule has 0 radical (unpaired) electrons. The molecule has 0 saturated carbocycles. The number of hydrazone groups is 1. The third-order valence-electron chi connectivity index (χ3n) is 6.55. The molecule has 3 aromatic carbocycles. The first-order chi connectivity index (χ1) is 17.5. The van der Waals surface area contributed by atoms with E-state index in [-0.39, 0.29) is 11.9 Å². The second-order valence-electron chi connectivity index (χ2n) is 8.68. The third kappa shape index (κ3) is 4.52. The number of amides is 1. The van der Waals surface area contributed by atoms with Crippen LogP contribution in [0.15, 0.2) is 93.2 Å². The van der Waals surface area contributed by atoms with Crippen molar-refractivity contribution < 1.29 is 9.21 Å². The van der Waals surface area contributed by atoms with Gasteiger partial charge >= 0.3 is 5.63 Å². The molecule has 1 unspecified atom stereocenters. The topological polar surface area (TPSA) is 66.1 Å². The Morgan fingerprint density at radius 1 is 1.03 bits per heavy atom. The van der Waals surface area contributed by atoms with Crippen molar-refractivity contribution in [1.29, 1.82) is 0 Å². The van der Waals surface area contributed by atoms with Crippen molar-refractivity contribution in [2.24, 2.45) is 5.10 Å². The first kappa shape index (κ1) is 23.8. The van der Waals surface area contributed by atoms with Gasteiger partial charge in [0.15, 0.2) is 0 Å².